The van der Waals surface area contributed by atoms with Crippen molar-refractivity contribution in [3.8, 4) is 10.6 Å². The molecule has 128 valence electrons. The summed E-state index contributed by atoms with van der Waals surface area (Å²) in [5, 5.41) is 12.8. The van der Waals surface area contributed by atoms with Crippen LogP contribution in [0, 0.1) is 5.82 Å². The first-order chi connectivity index (χ1) is 12.1. The molecule has 1 aromatic carbocycles. The number of nitrogens with zero attached hydrogens (tertiary/aromatic N) is 2. The van der Waals surface area contributed by atoms with Gasteiger partial charge in [0.15, 0.2) is 0 Å². The molecule has 3 aromatic rings. The zero-order valence-electron chi connectivity index (χ0n) is 13.0. The van der Waals surface area contributed by atoms with Crippen LogP contribution in [0.1, 0.15) is 22.2 Å². The van der Waals surface area contributed by atoms with Crippen LogP contribution in [0.15, 0.2) is 41.8 Å². The molecular weight excluding hydrogens is 363 g/mol. The topological polar surface area (TPSA) is 59.0 Å². The predicted octanol–water partition coefficient (Wildman–Crippen LogP) is 3.44. The zero-order valence-corrected chi connectivity index (χ0v) is 14.6. The first-order valence-corrected chi connectivity index (χ1v) is 8.96. The highest BCUT2D eigenvalue weighted by molar-refractivity contribution is 7.13. The Morgan fingerprint density at radius 1 is 1.40 bits per heavy atom. The van der Waals surface area contributed by atoms with Crippen molar-refractivity contribution in [1.82, 2.24) is 20.4 Å². The molecule has 25 heavy (non-hydrogen) atoms. The SMILES string of the molecule is O=C1NCC(NCc2ccc(F)c(Cl)c2)n2nc(-c3cccs3)cc21. The summed E-state index contributed by atoms with van der Waals surface area (Å²) in [4.78, 5) is 13.1. The molecule has 1 aliphatic heterocycles. The molecule has 8 heteroatoms. The molecule has 2 N–H and O–H groups in total. The molecule has 0 bridgehead atoms. The lowest BCUT2D eigenvalue weighted by atomic mass is 10.2. The Kier molecular flexibility index (Phi) is 4.29. The fourth-order valence-corrected chi connectivity index (χ4v) is 3.64. The smallest absolute Gasteiger partial charge is 0.269 e. The number of fused-ring (bicyclic) bond motifs is 1. The van der Waals surface area contributed by atoms with Gasteiger partial charge in [0, 0.05) is 6.54 Å². The van der Waals surface area contributed by atoms with E-state index in [1.54, 1.807) is 34.2 Å². The number of amides is 1. The minimum atomic E-state index is -0.440. The molecule has 0 fully saturated rings. The van der Waals surface area contributed by atoms with E-state index in [4.69, 9.17) is 11.6 Å². The minimum Gasteiger partial charge on any atom is -0.347 e. The van der Waals surface area contributed by atoms with Crippen LogP contribution < -0.4 is 10.6 Å². The Morgan fingerprint density at radius 3 is 3.04 bits per heavy atom. The highest BCUT2D eigenvalue weighted by Crippen LogP contribution is 2.26. The van der Waals surface area contributed by atoms with E-state index in [-0.39, 0.29) is 17.1 Å². The highest BCUT2D eigenvalue weighted by Gasteiger charge is 2.27. The van der Waals surface area contributed by atoms with Gasteiger partial charge in [0.25, 0.3) is 5.91 Å². The molecule has 4 rings (SSSR count). The van der Waals surface area contributed by atoms with Gasteiger partial charge >= 0.3 is 0 Å². The van der Waals surface area contributed by atoms with Crippen molar-refractivity contribution in [3.05, 3.63) is 63.9 Å². The quantitative estimate of drug-likeness (QED) is 0.733. The van der Waals surface area contributed by atoms with Gasteiger partial charge in [-0.05, 0) is 35.2 Å². The lowest BCUT2D eigenvalue weighted by molar-refractivity contribution is 0.0900. The van der Waals surface area contributed by atoms with Gasteiger partial charge in [-0.3, -0.25) is 10.1 Å². The summed E-state index contributed by atoms with van der Waals surface area (Å²) >= 11 is 7.40. The van der Waals surface area contributed by atoms with Crippen molar-refractivity contribution in [1.29, 1.82) is 0 Å². The monoisotopic (exact) mass is 376 g/mol. The molecule has 0 aliphatic carbocycles. The molecule has 5 nitrogen and oxygen atoms in total. The van der Waals surface area contributed by atoms with Gasteiger partial charge in [-0.15, -0.1) is 11.3 Å². The highest BCUT2D eigenvalue weighted by atomic mass is 35.5. The average molecular weight is 377 g/mol. The summed E-state index contributed by atoms with van der Waals surface area (Å²) in [6, 6.07) is 10.3. The second kappa shape index (κ2) is 6.59. The Labute approximate surface area is 152 Å². The van der Waals surface area contributed by atoms with Crippen LogP contribution in [0.5, 0.6) is 0 Å². The molecular formula is C17H14ClFN4OS. The Morgan fingerprint density at radius 2 is 2.28 bits per heavy atom. The molecule has 1 aliphatic rings. The first-order valence-electron chi connectivity index (χ1n) is 7.71. The summed E-state index contributed by atoms with van der Waals surface area (Å²) in [5.41, 5.74) is 2.15. The second-order valence-corrected chi connectivity index (χ2v) is 7.05. The number of hydrogen-bond donors (Lipinski definition) is 2. The summed E-state index contributed by atoms with van der Waals surface area (Å²) in [6.45, 7) is 0.903. The van der Waals surface area contributed by atoms with E-state index in [1.807, 2.05) is 17.5 Å². The summed E-state index contributed by atoms with van der Waals surface area (Å²) < 4.78 is 15.0. The number of carbonyl (C=O) groups is 1. The van der Waals surface area contributed by atoms with E-state index < -0.39 is 5.82 Å². The number of rotatable bonds is 4. The number of halogens is 2. The Bertz CT molecular complexity index is 925. The zero-order chi connectivity index (χ0) is 17.4. The third-order valence-corrected chi connectivity index (χ3v) is 5.20. The largest absolute Gasteiger partial charge is 0.347 e. The maximum absolute atomic E-state index is 13.3. The maximum Gasteiger partial charge on any atom is 0.269 e. The van der Waals surface area contributed by atoms with Crippen molar-refractivity contribution < 1.29 is 9.18 Å². The number of hydrogen-bond acceptors (Lipinski definition) is 4. The molecule has 1 amide bonds. The third kappa shape index (κ3) is 3.18. The van der Waals surface area contributed by atoms with Crippen LogP contribution in [-0.2, 0) is 6.54 Å². The van der Waals surface area contributed by atoms with Crippen molar-refractivity contribution in [2.24, 2.45) is 0 Å². The normalized spacial score (nSPS) is 16.6. The maximum atomic E-state index is 13.3. The van der Waals surface area contributed by atoms with Gasteiger partial charge in [-0.2, -0.15) is 5.10 Å². The molecule has 0 radical (unpaired) electrons. The molecule has 0 spiro atoms. The lowest BCUT2D eigenvalue weighted by Gasteiger charge is -2.25. The van der Waals surface area contributed by atoms with Crippen LogP contribution in [-0.4, -0.2) is 22.2 Å². The fraction of sp³-hybridized carbons (Fsp3) is 0.176. The number of nitrogens with one attached hydrogen (secondary N) is 2. The number of benzene rings is 1. The fourth-order valence-electron chi connectivity index (χ4n) is 2.76. The third-order valence-electron chi connectivity index (χ3n) is 4.02. The van der Waals surface area contributed by atoms with Gasteiger partial charge in [-0.25, -0.2) is 9.07 Å². The van der Waals surface area contributed by atoms with E-state index in [0.29, 0.717) is 18.8 Å². The van der Waals surface area contributed by atoms with Gasteiger partial charge < -0.3 is 5.32 Å². The van der Waals surface area contributed by atoms with E-state index >= 15 is 0 Å². The molecule has 2 aromatic heterocycles. The molecule has 1 unspecified atom stereocenters. The Hall–Kier alpha value is -2.22. The van der Waals surface area contributed by atoms with E-state index in [0.717, 1.165) is 16.1 Å². The van der Waals surface area contributed by atoms with Crippen LogP contribution in [0.3, 0.4) is 0 Å². The van der Waals surface area contributed by atoms with Crippen molar-refractivity contribution in [3.63, 3.8) is 0 Å². The van der Waals surface area contributed by atoms with Crippen LogP contribution in [0.25, 0.3) is 10.6 Å². The van der Waals surface area contributed by atoms with Gasteiger partial charge in [0.2, 0.25) is 0 Å². The molecule has 1 atom stereocenters. The van der Waals surface area contributed by atoms with E-state index in [2.05, 4.69) is 15.7 Å². The Balaban J connectivity index is 1.57. The van der Waals surface area contributed by atoms with Gasteiger partial charge in [-0.1, -0.05) is 23.7 Å². The molecule has 0 saturated carbocycles. The van der Waals surface area contributed by atoms with Crippen molar-refractivity contribution in [2.75, 3.05) is 6.54 Å². The van der Waals surface area contributed by atoms with Crippen LogP contribution >= 0.6 is 22.9 Å². The van der Waals surface area contributed by atoms with Crippen molar-refractivity contribution in [2.45, 2.75) is 12.7 Å². The standard InChI is InChI=1S/C17H14ClFN4OS/c18-11-6-10(3-4-12(11)19)8-20-16-9-21-17(24)14-7-13(22-23(14)16)15-2-1-5-25-15/h1-7,16,20H,8-9H2,(H,21,24). The van der Waals surface area contributed by atoms with Gasteiger partial charge in [0.1, 0.15) is 23.4 Å². The lowest BCUT2D eigenvalue weighted by Crippen LogP contribution is -2.45. The number of aromatic nitrogens is 2. The van der Waals surface area contributed by atoms with E-state index in [1.165, 1.54) is 6.07 Å². The first kappa shape index (κ1) is 16.3. The molecule has 3 heterocycles. The predicted molar refractivity (Wildman–Crippen MR) is 95.2 cm³/mol. The minimum absolute atomic E-state index is 0.0935. The van der Waals surface area contributed by atoms with Crippen LogP contribution in [0.2, 0.25) is 5.02 Å². The summed E-state index contributed by atoms with van der Waals surface area (Å²) in [6.07, 6.45) is -0.190. The average Bonchev–Trinajstić information content (AvgIpc) is 3.26. The van der Waals surface area contributed by atoms with E-state index in [9.17, 15) is 9.18 Å². The molecule has 0 saturated heterocycles. The number of carbonyl (C=O) groups excluding carboxylic acids is 1. The summed E-state index contributed by atoms with van der Waals surface area (Å²) in [7, 11) is 0. The van der Waals surface area contributed by atoms with Gasteiger partial charge in [0.05, 0.1) is 16.4 Å². The summed E-state index contributed by atoms with van der Waals surface area (Å²) in [5.74, 6) is -0.580. The van der Waals surface area contributed by atoms with Crippen LogP contribution in [0.4, 0.5) is 4.39 Å². The second-order valence-electron chi connectivity index (χ2n) is 5.69. The number of thiophene rings is 1. The van der Waals surface area contributed by atoms with Crippen molar-refractivity contribution >= 4 is 28.8 Å².